The van der Waals surface area contributed by atoms with Gasteiger partial charge in [0.25, 0.3) is 0 Å². The predicted octanol–water partition coefficient (Wildman–Crippen LogP) is 4.23. The fourth-order valence-electron chi connectivity index (χ4n) is 5.23. The fraction of sp³-hybridized carbons (Fsp3) is 0.720. The number of ether oxygens (including phenoxy) is 3. The van der Waals surface area contributed by atoms with E-state index in [0.717, 1.165) is 44.8 Å². The Morgan fingerprint density at radius 1 is 1.13 bits per heavy atom. The molecule has 2 aliphatic heterocycles. The van der Waals surface area contributed by atoms with Crippen molar-refractivity contribution in [3.05, 3.63) is 24.3 Å². The van der Waals surface area contributed by atoms with E-state index in [0.29, 0.717) is 19.1 Å². The first-order valence-corrected chi connectivity index (χ1v) is 12.1. The summed E-state index contributed by atoms with van der Waals surface area (Å²) in [5.41, 5.74) is 1.18. The molecule has 2 atom stereocenters. The van der Waals surface area contributed by atoms with Gasteiger partial charge in [-0.1, -0.05) is 26.2 Å². The number of anilines is 1. The highest BCUT2D eigenvalue weighted by atomic mass is 16.8. The normalized spacial score (nSPS) is 27.1. The molecule has 3 fully saturated rings. The van der Waals surface area contributed by atoms with E-state index in [2.05, 4.69) is 24.0 Å². The van der Waals surface area contributed by atoms with Crippen LogP contribution >= 0.6 is 0 Å². The number of amides is 1. The Bertz CT molecular complexity index is 711. The minimum absolute atomic E-state index is 0.00297. The topological polar surface area (TPSA) is 51.2 Å². The Morgan fingerprint density at radius 3 is 2.48 bits per heavy atom. The van der Waals surface area contributed by atoms with E-state index < -0.39 is 0 Å². The van der Waals surface area contributed by atoms with Crippen LogP contribution in [0.2, 0.25) is 0 Å². The SMILES string of the molecule is CCCCC1(C2CCCC2)OCC(COc2ccc(N3CCN(C(C)=O)CC3)cc2)O1. The highest BCUT2D eigenvalue weighted by molar-refractivity contribution is 5.73. The lowest BCUT2D eigenvalue weighted by Gasteiger charge is -2.35. The summed E-state index contributed by atoms with van der Waals surface area (Å²) in [6.45, 7) is 8.33. The molecule has 6 nitrogen and oxygen atoms in total. The molecule has 2 unspecified atom stereocenters. The molecule has 1 aromatic rings. The van der Waals surface area contributed by atoms with Gasteiger partial charge in [-0.05, 0) is 43.5 Å². The van der Waals surface area contributed by atoms with Crippen molar-refractivity contribution in [2.24, 2.45) is 5.92 Å². The first kappa shape index (κ1) is 22.4. The molecular weight excluding hydrogens is 392 g/mol. The van der Waals surface area contributed by atoms with Crippen LogP contribution in [0.25, 0.3) is 0 Å². The summed E-state index contributed by atoms with van der Waals surface area (Å²) in [7, 11) is 0. The average molecular weight is 431 g/mol. The van der Waals surface area contributed by atoms with Crippen LogP contribution in [0.1, 0.15) is 58.8 Å². The van der Waals surface area contributed by atoms with Crippen LogP contribution in [0.15, 0.2) is 24.3 Å². The van der Waals surface area contributed by atoms with E-state index in [-0.39, 0.29) is 17.8 Å². The number of carbonyl (C=O) groups excluding carboxylic acids is 1. The zero-order valence-corrected chi connectivity index (χ0v) is 19.2. The second-order valence-electron chi connectivity index (χ2n) is 9.25. The minimum atomic E-state index is -0.383. The summed E-state index contributed by atoms with van der Waals surface area (Å²) in [6, 6.07) is 8.28. The molecule has 6 heteroatoms. The van der Waals surface area contributed by atoms with E-state index in [1.807, 2.05) is 17.0 Å². The lowest BCUT2D eigenvalue weighted by atomic mass is 9.92. The first-order chi connectivity index (χ1) is 15.1. The van der Waals surface area contributed by atoms with Crippen molar-refractivity contribution in [2.45, 2.75) is 70.7 Å². The summed E-state index contributed by atoms with van der Waals surface area (Å²) in [6.07, 6.45) is 8.34. The maximum absolute atomic E-state index is 11.5. The Labute approximate surface area is 186 Å². The van der Waals surface area contributed by atoms with Crippen LogP contribution in [0.5, 0.6) is 5.75 Å². The van der Waals surface area contributed by atoms with Crippen LogP contribution < -0.4 is 9.64 Å². The molecule has 0 radical (unpaired) electrons. The van der Waals surface area contributed by atoms with Crippen molar-refractivity contribution in [3.8, 4) is 5.75 Å². The molecule has 0 bridgehead atoms. The molecule has 0 aromatic heterocycles. The van der Waals surface area contributed by atoms with E-state index >= 15 is 0 Å². The largest absolute Gasteiger partial charge is 0.491 e. The molecule has 3 aliphatic rings. The summed E-state index contributed by atoms with van der Waals surface area (Å²) < 4.78 is 18.9. The van der Waals surface area contributed by atoms with Gasteiger partial charge in [0.05, 0.1) is 6.61 Å². The van der Waals surface area contributed by atoms with Crippen LogP contribution in [0.4, 0.5) is 5.69 Å². The molecule has 2 heterocycles. The van der Waals surface area contributed by atoms with Crippen molar-refractivity contribution in [1.82, 2.24) is 4.90 Å². The second kappa shape index (κ2) is 10.2. The lowest BCUT2D eigenvalue weighted by Crippen LogP contribution is -2.48. The highest BCUT2D eigenvalue weighted by Gasteiger charge is 2.48. The third kappa shape index (κ3) is 5.35. The zero-order valence-electron chi connectivity index (χ0n) is 19.2. The molecule has 0 N–H and O–H groups in total. The summed E-state index contributed by atoms with van der Waals surface area (Å²) in [5.74, 6) is 1.17. The standard InChI is InChI=1S/C25H38N2O4/c1-3-4-13-25(21-7-5-6-8-21)30-19-24(31-25)18-29-23-11-9-22(10-12-23)27-16-14-26(15-17-27)20(2)28/h9-12,21,24H,3-8,13-19H2,1-2H3. The number of benzene rings is 1. The van der Waals surface area contributed by atoms with Gasteiger partial charge >= 0.3 is 0 Å². The van der Waals surface area contributed by atoms with E-state index in [1.54, 1.807) is 6.92 Å². The first-order valence-electron chi connectivity index (χ1n) is 12.1. The monoisotopic (exact) mass is 430 g/mol. The lowest BCUT2D eigenvalue weighted by molar-refractivity contribution is -0.210. The summed E-state index contributed by atoms with van der Waals surface area (Å²) in [5, 5.41) is 0. The molecule has 2 saturated heterocycles. The molecule has 1 aromatic carbocycles. The highest BCUT2D eigenvalue weighted by Crippen LogP contribution is 2.44. The number of nitrogens with zero attached hydrogens (tertiary/aromatic N) is 2. The van der Waals surface area contributed by atoms with Gasteiger partial charge in [0.1, 0.15) is 18.5 Å². The number of hydrogen-bond acceptors (Lipinski definition) is 5. The van der Waals surface area contributed by atoms with E-state index in [4.69, 9.17) is 14.2 Å². The smallest absolute Gasteiger partial charge is 0.219 e. The molecule has 1 aliphatic carbocycles. The van der Waals surface area contributed by atoms with Crippen molar-refractivity contribution in [2.75, 3.05) is 44.3 Å². The summed E-state index contributed by atoms with van der Waals surface area (Å²) in [4.78, 5) is 15.7. The Morgan fingerprint density at radius 2 is 1.84 bits per heavy atom. The predicted molar refractivity (Wildman–Crippen MR) is 121 cm³/mol. The number of unbranched alkanes of at least 4 members (excludes halogenated alkanes) is 1. The Balaban J connectivity index is 1.27. The molecule has 4 rings (SSSR count). The molecule has 1 saturated carbocycles. The number of hydrogen-bond donors (Lipinski definition) is 0. The van der Waals surface area contributed by atoms with E-state index in [9.17, 15) is 4.79 Å². The molecule has 1 amide bonds. The second-order valence-corrected chi connectivity index (χ2v) is 9.25. The molecular formula is C25H38N2O4. The minimum Gasteiger partial charge on any atom is -0.491 e. The Kier molecular flexibility index (Phi) is 7.39. The third-order valence-corrected chi connectivity index (χ3v) is 7.10. The molecule has 31 heavy (non-hydrogen) atoms. The van der Waals surface area contributed by atoms with Gasteiger partial charge in [-0.3, -0.25) is 4.79 Å². The quantitative estimate of drug-likeness (QED) is 0.618. The van der Waals surface area contributed by atoms with Crippen LogP contribution in [0, 0.1) is 5.92 Å². The Hall–Kier alpha value is -1.79. The van der Waals surface area contributed by atoms with Crippen molar-refractivity contribution in [1.29, 1.82) is 0 Å². The van der Waals surface area contributed by atoms with Gasteiger partial charge in [0.2, 0.25) is 5.91 Å². The molecule has 0 spiro atoms. The van der Waals surface area contributed by atoms with Gasteiger partial charge in [-0.15, -0.1) is 0 Å². The van der Waals surface area contributed by atoms with Crippen molar-refractivity contribution >= 4 is 11.6 Å². The summed E-state index contributed by atoms with van der Waals surface area (Å²) >= 11 is 0. The average Bonchev–Trinajstić information content (AvgIpc) is 3.48. The van der Waals surface area contributed by atoms with Crippen LogP contribution in [-0.2, 0) is 14.3 Å². The fourth-order valence-corrected chi connectivity index (χ4v) is 5.23. The van der Waals surface area contributed by atoms with Crippen molar-refractivity contribution in [3.63, 3.8) is 0 Å². The van der Waals surface area contributed by atoms with Gasteiger partial charge in [-0.25, -0.2) is 0 Å². The van der Waals surface area contributed by atoms with Crippen molar-refractivity contribution < 1.29 is 19.0 Å². The maximum atomic E-state index is 11.5. The van der Waals surface area contributed by atoms with E-state index in [1.165, 1.54) is 37.8 Å². The van der Waals surface area contributed by atoms with Gasteiger partial charge in [0.15, 0.2) is 5.79 Å². The van der Waals surface area contributed by atoms with Gasteiger partial charge in [0, 0.05) is 51.1 Å². The number of rotatable bonds is 8. The van der Waals surface area contributed by atoms with Crippen LogP contribution in [-0.4, -0.2) is 62.1 Å². The zero-order chi connectivity index (χ0) is 21.7. The van der Waals surface area contributed by atoms with Gasteiger partial charge < -0.3 is 24.0 Å². The molecule has 172 valence electrons. The number of piperazine rings is 1. The number of carbonyl (C=O) groups is 1. The van der Waals surface area contributed by atoms with Crippen LogP contribution in [0.3, 0.4) is 0 Å². The maximum Gasteiger partial charge on any atom is 0.219 e. The third-order valence-electron chi connectivity index (χ3n) is 7.10. The van der Waals surface area contributed by atoms with Gasteiger partial charge in [-0.2, -0.15) is 0 Å².